The molecule has 1 aliphatic heterocycles. The summed E-state index contributed by atoms with van der Waals surface area (Å²) in [4.78, 5) is 23.5. The molecular weight excluding hydrogens is 367 g/mol. The lowest BCUT2D eigenvalue weighted by molar-refractivity contribution is -0.274. The van der Waals surface area contributed by atoms with Crippen molar-refractivity contribution in [1.29, 1.82) is 0 Å². The first-order valence-corrected chi connectivity index (χ1v) is 7.98. The zero-order chi connectivity index (χ0) is 19.4. The Balaban J connectivity index is 1.52. The molecule has 1 fully saturated rings. The highest BCUT2D eigenvalue weighted by Crippen LogP contribution is 2.24. The number of amides is 2. The highest BCUT2D eigenvalue weighted by Gasteiger charge is 2.31. The molecule has 3 heterocycles. The maximum Gasteiger partial charge on any atom is 0.573 e. The van der Waals surface area contributed by atoms with Crippen LogP contribution < -0.4 is 15.0 Å². The minimum absolute atomic E-state index is 0.000709. The van der Waals surface area contributed by atoms with Crippen LogP contribution in [0, 0.1) is 0 Å². The Kier molecular flexibility index (Phi) is 5.19. The van der Waals surface area contributed by atoms with Crippen molar-refractivity contribution < 1.29 is 27.8 Å². The highest BCUT2D eigenvalue weighted by molar-refractivity contribution is 5.88. The van der Waals surface area contributed by atoms with E-state index in [1.807, 2.05) is 4.90 Å². The second-order valence-electron chi connectivity index (χ2n) is 5.71. The molecular formula is C16H16F3N5O3. The van der Waals surface area contributed by atoms with Gasteiger partial charge < -0.3 is 19.6 Å². The number of urea groups is 1. The van der Waals surface area contributed by atoms with E-state index in [-0.39, 0.29) is 17.5 Å². The average Bonchev–Trinajstić information content (AvgIpc) is 2.63. The molecule has 8 nitrogen and oxygen atoms in total. The van der Waals surface area contributed by atoms with Crippen molar-refractivity contribution in [1.82, 2.24) is 14.9 Å². The maximum atomic E-state index is 12.2. The van der Waals surface area contributed by atoms with Crippen molar-refractivity contribution in [3.63, 3.8) is 0 Å². The lowest BCUT2D eigenvalue weighted by Gasteiger charge is -2.35. The Bertz CT molecular complexity index is 775. The third-order valence-corrected chi connectivity index (χ3v) is 3.83. The molecule has 2 aromatic rings. The molecule has 11 heteroatoms. The number of halogens is 3. The van der Waals surface area contributed by atoms with Crippen molar-refractivity contribution in [3.8, 4) is 11.5 Å². The fourth-order valence-corrected chi connectivity index (χ4v) is 2.54. The molecule has 2 N–H and O–H groups in total. The van der Waals surface area contributed by atoms with Crippen LogP contribution in [0.5, 0.6) is 11.5 Å². The third kappa shape index (κ3) is 5.12. The topological polar surface area (TPSA) is 90.8 Å². The number of carbonyl (C=O) groups is 1. The van der Waals surface area contributed by atoms with Crippen molar-refractivity contribution in [3.05, 3.63) is 36.7 Å². The fraction of sp³-hybridized carbons (Fsp3) is 0.312. The molecule has 0 aromatic carbocycles. The van der Waals surface area contributed by atoms with E-state index in [1.165, 1.54) is 30.5 Å². The van der Waals surface area contributed by atoms with Gasteiger partial charge in [0.2, 0.25) is 0 Å². The summed E-state index contributed by atoms with van der Waals surface area (Å²) in [7, 11) is 0. The van der Waals surface area contributed by atoms with Gasteiger partial charge in [-0.3, -0.25) is 5.32 Å². The maximum absolute atomic E-state index is 12.2. The molecule has 2 aromatic heterocycles. The second kappa shape index (κ2) is 7.56. The number of rotatable bonds is 3. The molecule has 0 radical (unpaired) electrons. The summed E-state index contributed by atoms with van der Waals surface area (Å²) in [6.45, 7) is 1.77. The van der Waals surface area contributed by atoms with Gasteiger partial charge in [-0.2, -0.15) is 0 Å². The normalized spacial score (nSPS) is 14.8. The number of alkyl halides is 3. The van der Waals surface area contributed by atoms with Crippen molar-refractivity contribution in [2.24, 2.45) is 0 Å². The minimum Gasteiger partial charge on any atom is -0.506 e. The lowest BCUT2D eigenvalue weighted by atomic mass is 10.3. The number of nitrogens with zero attached hydrogens (tertiary/aromatic N) is 4. The Labute approximate surface area is 152 Å². The largest absolute Gasteiger partial charge is 0.573 e. The molecule has 0 spiro atoms. The van der Waals surface area contributed by atoms with E-state index >= 15 is 0 Å². The second-order valence-corrected chi connectivity index (χ2v) is 5.71. The first-order valence-electron chi connectivity index (χ1n) is 7.98. The quantitative estimate of drug-likeness (QED) is 0.846. The molecule has 0 bridgehead atoms. The zero-order valence-electron chi connectivity index (χ0n) is 14.0. The molecule has 3 rings (SSSR count). The lowest BCUT2D eigenvalue weighted by Crippen LogP contribution is -2.50. The zero-order valence-corrected chi connectivity index (χ0v) is 14.0. The summed E-state index contributed by atoms with van der Waals surface area (Å²) < 4.78 is 40.3. The molecule has 144 valence electrons. The van der Waals surface area contributed by atoms with Gasteiger partial charge in [0.05, 0.1) is 12.4 Å². The van der Waals surface area contributed by atoms with Crippen LogP contribution in [-0.4, -0.2) is 58.5 Å². The number of hydrogen-bond donors (Lipinski definition) is 2. The van der Waals surface area contributed by atoms with Gasteiger partial charge in [0.15, 0.2) is 0 Å². The van der Waals surface area contributed by atoms with E-state index in [2.05, 4.69) is 20.0 Å². The van der Waals surface area contributed by atoms with E-state index in [0.29, 0.717) is 37.8 Å². The predicted molar refractivity (Wildman–Crippen MR) is 89.6 cm³/mol. The van der Waals surface area contributed by atoms with Gasteiger partial charge in [0.25, 0.3) is 0 Å². The van der Waals surface area contributed by atoms with Crippen LogP contribution in [0.25, 0.3) is 0 Å². The molecule has 0 aliphatic carbocycles. The summed E-state index contributed by atoms with van der Waals surface area (Å²) >= 11 is 0. The third-order valence-electron chi connectivity index (χ3n) is 3.83. The minimum atomic E-state index is -4.76. The van der Waals surface area contributed by atoms with Crippen molar-refractivity contribution in [2.75, 3.05) is 36.4 Å². The molecule has 1 aliphatic rings. The van der Waals surface area contributed by atoms with Crippen molar-refractivity contribution >= 4 is 17.7 Å². The molecule has 2 amide bonds. The Morgan fingerprint density at radius 3 is 2.37 bits per heavy atom. The first-order chi connectivity index (χ1) is 12.8. The Morgan fingerprint density at radius 2 is 1.81 bits per heavy atom. The van der Waals surface area contributed by atoms with Gasteiger partial charge in [-0.1, -0.05) is 0 Å². The van der Waals surface area contributed by atoms with Crippen LogP contribution in [0.3, 0.4) is 0 Å². The number of ether oxygens (including phenoxy) is 1. The summed E-state index contributed by atoms with van der Waals surface area (Å²) in [5.74, 6) is 0.443. The van der Waals surface area contributed by atoms with Crippen LogP contribution >= 0.6 is 0 Å². The van der Waals surface area contributed by atoms with Gasteiger partial charge >= 0.3 is 12.4 Å². The van der Waals surface area contributed by atoms with E-state index < -0.39 is 6.36 Å². The van der Waals surface area contributed by atoms with Gasteiger partial charge in [-0.05, 0) is 24.3 Å². The number of pyridine rings is 2. The number of piperazine rings is 1. The number of aromatic nitrogens is 2. The van der Waals surface area contributed by atoms with Crippen molar-refractivity contribution in [2.45, 2.75) is 6.36 Å². The van der Waals surface area contributed by atoms with Gasteiger partial charge in [0, 0.05) is 26.2 Å². The van der Waals surface area contributed by atoms with Crippen LogP contribution in [0.1, 0.15) is 0 Å². The van der Waals surface area contributed by atoms with Crippen LogP contribution in [0.2, 0.25) is 0 Å². The van der Waals surface area contributed by atoms with Crippen LogP contribution in [-0.2, 0) is 0 Å². The predicted octanol–water partition coefficient (Wildman–Crippen LogP) is 2.43. The van der Waals surface area contributed by atoms with Gasteiger partial charge in [-0.15, -0.1) is 13.2 Å². The van der Waals surface area contributed by atoms with E-state index in [4.69, 9.17) is 0 Å². The highest BCUT2D eigenvalue weighted by atomic mass is 19.4. The summed E-state index contributed by atoms with van der Waals surface area (Å²) in [5, 5.41) is 11.8. The molecule has 0 saturated carbocycles. The Hall–Kier alpha value is -3.24. The standard InChI is InChI=1S/C16H16F3N5O3/c17-16(18,19)27-12-2-4-14(21-10-12)23-5-7-24(8-6-23)15(26)22-13-3-1-11(25)9-20-13/h1-4,9-10,25H,5-8H2,(H,20,22,26). The summed E-state index contributed by atoms with van der Waals surface area (Å²) in [6, 6.07) is 5.22. The molecule has 0 atom stereocenters. The average molecular weight is 383 g/mol. The van der Waals surface area contributed by atoms with Gasteiger partial charge in [-0.25, -0.2) is 14.8 Å². The number of hydrogen-bond acceptors (Lipinski definition) is 6. The van der Waals surface area contributed by atoms with E-state index in [9.17, 15) is 23.1 Å². The van der Waals surface area contributed by atoms with Gasteiger partial charge in [0.1, 0.15) is 23.1 Å². The summed E-state index contributed by atoms with van der Waals surface area (Å²) in [5.41, 5.74) is 0. The molecule has 0 unspecified atom stereocenters. The number of anilines is 2. The van der Waals surface area contributed by atoms with E-state index in [1.54, 1.807) is 4.90 Å². The number of aromatic hydroxyl groups is 1. The SMILES string of the molecule is O=C(Nc1ccc(O)cn1)N1CCN(c2ccc(OC(F)(F)F)cn2)CC1. The molecule has 27 heavy (non-hydrogen) atoms. The van der Waals surface area contributed by atoms with Crippen LogP contribution in [0.15, 0.2) is 36.7 Å². The van der Waals surface area contributed by atoms with E-state index in [0.717, 1.165) is 6.20 Å². The Morgan fingerprint density at radius 1 is 1.07 bits per heavy atom. The van der Waals surface area contributed by atoms with Crippen LogP contribution in [0.4, 0.5) is 29.6 Å². The number of carbonyl (C=O) groups excluding carboxylic acids is 1. The smallest absolute Gasteiger partial charge is 0.506 e. The summed E-state index contributed by atoms with van der Waals surface area (Å²) in [6.07, 6.45) is -2.52. The fourth-order valence-electron chi connectivity index (χ4n) is 2.54. The monoisotopic (exact) mass is 383 g/mol. The first kappa shape index (κ1) is 18.5. The number of nitrogens with one attached hydrogen (secondary N) is 1. The molecule has 1 saturated heterocycles.